The van der Waals surface area contributed by atoms with Gasteiger partial charge < -0.3 is 18.5 Å². The van der Waals surface area contributed by atoms with Gasteiger partial charge in [-0.05, 0) is 30.7 Å². The third-order valence-corrected chi connectivity index (χ3v) is 5.65. The number of para-hydroxylation sites is 2. The summed E-state index contributed by atoms with van der Waals surface area (Å²) < 4.78 is 17.5. The van der Waals surface area contributed by atoms with Crippen molar-refractivity contribution in [1.82, 2.24) is 9.55 Å². The van der Waals surface area contributed by atoms with Gasteiger partial charge >= 0.3 is 11.6 Å². The van der Waals surface area contributed by atoms with Crippen LogP contribution in [0.15, 0.2) is 62.5 Å². The SMILES string of the molecule is CCCCn1c(=O)c(CCC(=O)OCc2cc(=O)oc3cc(OC)ccc23)nc2ccccc21. The van der Waals surface area contributed by atoms with Gasteiger partial charge in [0.05, 0.1) is 24.6 Å². The van der Waals surface area contributed by atoms with Crippen molar-refractivity contribution in [2.75, 3.05) is 7.11 Å². The topological polar surface area (TPSA) is 101 Å². The lowest BCUT2D eigenvalue weighted by Crippen LogP contribution is -2.26. The number of fused-ring (bicyclic) bond motifs is 2. The van der Waals surface area contributed by atoms with E-state index in [1.165, 1.54) is 13.2 Å². The fourth-order valence-electron chi connectivity index (χ4n) is 3.85. The van der Waals surface area contributed by atoms with E-state index >= 15 is 0 Å². The van der Waals surface area contributed by atoms with Crippen LogP contribution in [0.25, 0.3) is 22.0 Å². The minimum atomic E-state index is -0.542. The van der Waals surface area contributed by atoms with E-state index in [2.05, 4.69) is 11.9 Å². The molecule has 0 atom stereocenters. The van der Waals surface area contributed by atoms with E-state index in [1.807, 2.05) is 24.3 Å². The van der Waals surface area contributed by atoms with Gasteiger partial charge in [-0.3, -0.25) is 9.59 Å². The average Bonchev–Trinajstić information content (AvgIpc) is 2.85. The van der Waals surface area contributed by atoms with E-state index in [0.29, 0.717) is 34.5 Å². The van der Waals surface area contributed by atoms with Gasteiger partial charge in [0, 0.05) is 36.0 Å². The molecular formula is C26H26N2O6. The first-order valence-electron chi connectivity index (χ1n) is 11.2. The first-order valence-corrected chi connectivity index (χ1v) is 11.2. The molecule has 8 heteroatoms. The molecule has 0 fully saturated rings. The van der Waals surface area contributed by atoms with Crippen LogP contribution in [0.4, 0.5) is 0 Å². The van der Waals surface area contributed by atoms with E-state index in [9.17, 15) is 14.4 Å². The van der Waals surface area contributed by atoms with Gasteiger partial charge in [-0.25, -0.2) is 9.78 Å². The zero-order valence-electron chi connectivity index (χ0n) is 19.2. The summed E-state index contributed by atoms with van der Waals surface area (Å²) in [4.78, 5) is 41.9. The Morgan fingerprint density at radius 3 is 2.74 bits per heavy atom. The van der Waals surface area contributed by atoms with Crippen LogP contribution in [0.1, 0.15) is 37.4 Å². The van der Waals surface area contributed by atoms with E-state index in [-0.39, 0.29) is 25.0 Å². The summed E-state index contributed by atoms with van der Waals surface area (Å²) >= 11 is 0. The summed E-state index contributed by atoms with van der Waals surface area (Å²) in [5, 5.41) is 0.656. The Bertz CT molecular complexity index is 1450. The molecule has 176 valence electrons. The largest absolute Gasteiger partial charge is 0.497 e. The van der Waals surface area contributed by atoms with Gasteiger partial charge in [-0.1, -0.05) is 25.5 Å². The Labute approximate surface area is 195 Å². The minimum absolute atomic E-state index is 0.00154. The molecule has 4 aromatic rings. The molecule has 34 heavy (non-hydrogen) atoms. The molecule has 0 saturated heterocycles. The Morgan fingerprint density at radius 1 is 1.12 bits per heavy atom. The number of benzene rings is 2. The van der Waals surface area contributed by atoms with Crippen molar-refractivity contribution in [2.45, 2.75) is 45.8 Å². The molecule has 0 N–H and O–H groups in total. The molecule has 0 radical (unpaired) electrons. The molecule has 2 aromatic heterocycles. The van der Waals surface area contributed by atoms with E-state index < -0.39 is 11.6 Å². The predicted octanol–water partition coefficient (Wildman–Crippen LogP) is 3.99. The van der Waals surface area contributed by atoms with Gasteiger partial charge in [0.1, 0.15) is 23.6 Å². The van der Waals surface area contributed by atoms with Gasteiger partial charge in [-0.2, -0.15) is 0 Å². The van der Waals surface area contributed by atoms with Crippen LogP contribution in [0.2, 0.25) is 0 Å². The van der Waals surface area contributed by atoms with Crippen LogP contribution < -0.4 is 15.9 Å². The smallest absolute Gasteiger partial charge is 0.336 e. The molecule has 0 aliphatic rings. The highest BCUT2D eigenvalue weighted by molar-refractivity contribution is 5.82. The van der Waals surface area contributed by atoms with Crippen molar-refractivity contribution in [3.63, 3.8) is 0 Å². The highest BCUT2D eigenvalue weighted by Crippen LogP contribution is 2.23. The Hall–Kier alpha value is -3.94. The molecule has 0 aliphatic heterocycles. The molecule has 0 saturated carbocycles. The lowest BCUT2D eigenvalue weighted by atomic mass is 10.1. The van der Waals surface area contributed by atoms with Crippen LogP contribution in [0, 0.1) is 0 Å². The van der Waals surface area contributed by atoms with Gasteiger partial charge in [0.15, 0.2) is 0 Å². The van der Waals surface area contributed by atoms with Crippen molar-refractivity contribution < 1.29 is 18.7 Å². The second-order valence-corrected chi connectivity index (χ2v) is 7.97. The summed E-state index contributed by atoms with van der Waals surface area (Å²) in [6, 6.07) is 13.9. The normalized spacial score (nSPS) is 11.1. The molecule has 2 heterocycles. The van der Waals surface area contributed by atoms with Gasteiger partial charge in [-0.15, -0.1) is 0 Å². The minimum Gasteiger partial charge on any atom is -0.497 e. The van der Waals surface area contributed by atoms with Crippen molar-refractivity contribution >= 4 is 28.0 Å². The van der Waals surface area contributed by atoms with E-state index in [4.69, 9.17) is 13.9 Å². The molecule has 0 unspecified atom stereocenters. The van der Waals surface area contributed by atoms with Gasteiger partial charge in [0.25, 0.3) is 5.56 Å². The number of methoxy groups -OCH3 is 1. The van der Waals surface area contributed by atoms with Gasteiger partial charge in [0.2, 0.25) is 0 Å². The van der Waals surface area contributed by atoms with Crippen LogP contribution in [-0.2, 0) is 29.1 Å². The number of hydrogen-bond donors (Lipinski definition) is 0. The zero-order chi connectivity index (χ0) is 24.1. The summed E-state index contributed by atoms with van der Waals surface area (Å²) in [5.41, 5.74) is 2.02. The maximum absolute atomic E-state index is 13.0. The lowest BCUT2D eigenvalue weighted by Gasteiger charge is -2.12. The molecule has 0 bridgehead atoms. The number of aromatic nitrogens is 2. The number of hydrogen-bond acceptors (Lipinski definition) is 7. The Morgan fingerprint density at radius 2 is 1.94 bits per heavy atom. The molecule has 0 spiro atoms. The summed E-state index contributed by atoms with van der Waals surface area (Å²) in [6.45, 7) is 2.59. The highest BCUT2D eigenvalue weighted by Gasteiger charge is 2.14. The average molecular weight is 463 g/mol. The van der Waals surface area contributed by atoms with E-state index in [0.717, 1.165) is 23.9 Å². The molecule has 0 amide bonds. The molecular weight excluding hydrogens is 436 g/mol. The number of nitrogens with zero attached hydrogens (tertiary/aromatic N) is 2. The highest BCUT2D eigenvalue weighted by atomic mass is 16.5. The number of carbonyl (C=O) groups is 1. The van der Waals surface area contributed by atoms with Crippen LogP contribution in [-0.4, -0.2) is 22.6 Å². The zero-order valence-corrected chi connectivity index (χ0v) is 19.2. The standard InChI is InChI=1S/C26H26N2O6/c1-3-4-13-28-22-8-6-5-7-20(22)27-21(26(28)31)11-12-24(29)33-16-17-14-25(30)34-23-15-18(32-2)9-10-19(17)23/h5-10,14-15H,3-4,11-13,16H2,1-2H3. The van der Waals surface area contributed by atoms with E-state index in [1.54, 1.807) is 22.8 Å². The van der Waals surface area contributed by atoms with Crippen LogP contribution in [0.3, 0.4) is 0 Å². The number of carbonyl (C=O) groups excluding carboxylic acids is 1. The van der Waals surface area contributed by atoms with Crippen LogP contribution >= 0.6 is 0 Å². The fraction of sp³-hybridized carbons (Fsp3) is 0.308. The monoisotopic (exact) mass is 462 g/mol. The lowest BCUT2D eigenvalue weighted by molar-refractivity contribution is -0.144. The summed E-state index contributed by atoms with van der Waals surface area (Å²) in [7, 11) is 1.52. The van der Waals surface area contributed by atoms with Crippen molar-refractivity contribution in [1.29, 1.82) is 0 Å². The van der Waals surface area contributed by atoms with Crippen LogP contribution in [0.5, 0.6) is 5.75 Å². The second kappa shape index (κ2) is 10.3. The number of rotatable bonds is 9. The third kappa shape index (κ3) is 5.01. The fourth-order valence-corrected chi connectivity index (χ4v) is 3.85. The molecule has 0 aliphatic carbocycles. The first-order chi connectivity index (χ1) is 16.5. The number of aryl methyl sites for hydroxylation is 2. The first kappa shape index (κ1) is 23.2. The Balaban J connectivity index is 1.48. The van der Waals surface area contributed by atoms with Crippen molar-refractivity contribution in [3.05, 3.63) is 80.6 Å². The quantitative estimate of drug-likeness (QED) is 0.274. The predicted molar refractivity (Wildman–Crippen MR) is 128 cm³/mol. The van der Waals surface area contributed by atoms with Crippen molar-refractivity contribution in [2.24, 2.45) is 0 Å². The maximum Gasteiger partial charge on any atom is 0.336 e. The number of ether oxygens (including phenoxy) is 2. The third-order valence-electron chi connectivity index (χ3n) is 5.65. The summed E-state index contributed by atoms with van der Waals surface area (Å²) in [5.74, 6) is 0.0710. The number of esters is 1. The second-order valence-electron chi connectivity index (χ2n) is 7.97. The molecule has 2 aromatic carbocycles. The summed E-state index contributed by atoms with van der Waals surface area (Å²) in [6.07, 6.45) is 2.01. The maximum atomic E-state index is 13.0. The molecule has 8 nitrogen and oxygen atoms in total. The molecule has 4 rings (SSSR count). The number of unbranched alkanes of at least 4 members (excludes halogenated alkanes) is 1. The Kier molecular flexibility index (Phi) is 7.06. The van der Waals surface area contributed by atoms with Crippen molar-refractivity contribution in [3.8, 4) is 5.75 Å².